The summed E-state index contributed by atoms with van der Waals surface area (Å²) in [5.41, 5.74) is 0.836. The van der Waals surface area contributed by atoms with Gasteiger partial charge in [-0.2, -0.15) is 4.31 Å². The molecule has 5 nitrogen and oxygen atoms in total. The highest BCUT2D eigenvalue weighted by Crippen LogP contribution is 2.28. The molecular weight excluding hydrogens is 278 g/mol. The van der Waals surface area contributed by atoms with Crippen LogP contribution in [0, 0.1) is 12.8 Å². The van der Waals surface area contributed by atoms with Gasteiger partial charge in [-0.3, -0.25) is 4.79 Å². The van der Waals surface area contributed by atoms with Crippen LogP contribution in [0.25, 0.3) is 0 Å². The number of aryl methyl sites for hydroxylation is 1. The van der Waals surface area contributed by atoms with Gasteiger partial charge in [-0.25, -0.2) is 8.42 Å². The molecule has 0 aliphatic carbocycles. The van der Waals surface area contributed by atoms with Crippen LogP contribution in [0.4, 0.5) is 0 Å². The maximum absolute atomic E-state index is 12.6. The van der Waals surface area contributed by atoms with Crippen LogP contribution in [0.1, 0.15) is 25.3 Å². The highest BCUT2D eigenvalue weighted by atomic mass is 32.2. The predicted molar refractivity (Wildman–Crippen MR) is 74.9 cm³/mol. The monoisotopic (exact) mass is 297 g/mol. The Hall–Kier alpha value is -1.40. The minimum absolute atomic E-state index is 0.165. The van der Waals surface area contributed by atoms with E-state index in [1.54, 1.807) is 12.1 Å². The van der Waals surface area contributed by atoms with E-state index >= 15 is 0 Å². The molecule has 1 aliphatic rings. The molecule has 0 saturated carbocycles. The molecule has 0 bridgehead atoms. The first-order valence-electron chi connectivity index (χ1n) is 6.63. The fourth-order valence-corrected chi connectivity index (χ4v) is 4.26. The van der Waals surface area contributed by atoms with Crippen LogP contribution in [0.15, 0.2) is 29.2 Å². The molecule has 1 saturated heterocycles. The number of carbonyl (C=O) groups is 1. The highest BCUT2D eigenvalue weighted by Gasteiger charge is 2.39. The summed E-state index contributed by atoms with van der Waals surface area (Å²) in [5.74, 6) is -0.854. The van der Waals surface area contributed by atoms with Crippen molar-refractivity contribution in [3.8, 4) is 0 Å². The summed E-state index contributed by atoms with van der Waals surface area (Å²) in [5, 5.41) is 9.29. The lowest BCUT2D eigenvalue weighted by Crippen LogP contribution is -2.49. The number of carboxylic acids is 1. The number of nitrogens with zero attached hydrogens (tertiary/aromatic N) is 1. The lowest BCUT2D eigenvalue weighted by atomic mass is 9.94. The van der Waals surface area contributed by atoms with Gasteiger partial charge in [0.2, 0.25) is 10.0 Å². The number of rotatable bonds is 3. The van der Waals surface area contributed by atoms with Crippen molar-refractivity contribution in [2.75, 3.05) is 6.54 Å². The third kappa shape index (κ3) is 2.86. The molecule has 0 radical (unpaired) electrons. The van der Waals surface area contributed by atoms with Crippen molar-refractivity contribution in [1.29, 1.82) is 0 Å². The Bertz CT molecular complexity index is 611. The lowest BCUT2D eigenvalue weighted by molar-refractivity contribution is -0.142. The van der Waals surface area contributed by atoms with Crippen LogP contribution in [-0.2, 0) is 14.8 Å². The average Bonchev–Trinajstić information content (AvgIpc) is 2.38. The van der Waals surface area contributed by atoms with Gasteiger partial charge in [0, 0.05) is 6.54 Å². The molecule has 2 atom stereocenters. The van der Waals surface area contributed by atoms with Crippen molar-refractivity contribution in [2.45, 2.75) is 37.6 Å². The molecule has 0 spiro atoms. The first-order valence-corrected chi connectivity index (χ1v) is 8.07. The number of hydrogen-bond donors (Lipinski definition) is 1. The third-order valence-corrected chi connectivity index (χ3v) is 5.60. The van der Waals surface area contributed by atoms with Gasteiger partial charge >= 0.3 is 5.97 Å². The minimum atomic E-state index is -3.75. The van der Waals surface area contributed by atoms with Crippen LogP contribution in [0.2, 0.25) is 0 Å². The number of sulfonamides is 1. The summed E-state index contributed by atoms with van der Waals surface area (Å²) in [4.78, 5) is 11.5. The van der Waals surface area contributed by atoms with Crippen LogP contribution < -0.4 is 0 Å². The van der Waals surface area contributed by atoms with Crippen LogP contribution in [-0.4, -0.2) is 36.4 Å². The van der Waals surface area contributed by atoms with E-state index in [1.807, 2.05) is 19.9 Å². The molecular formula is C14H19NO4S. The van der Waals surface area contributed by atoms with Crippen molar-refractivity contribution >= 4 is 16.0 Å². The number of aliphatic carboxylic acids is 1. The molecule has 2 rings (SSSR count). The van der Waals surface area contributed by atoms with E-state index in [4.69, 9.17) is 0 Å². The average molecular weight is 297 g/mol. The summed E-state index contributed by atoms with van der Waals surface area (Å²) in [6.07, 6.45) is 1.05. The number of benzene rings is 1. The van der Waals surface area contributed by atoms with Gasteiger partial charge in [0.05, 0.1) is 4.90 Å². The van der Waals surface area contributed by atoms with E-state index in [0.717, 1.165) is 9.87 Å². The van der Waals surface area contributed by atoms with Crippen LogP contribution >= 0.6 is 0 Å². The first kappa shape index (κ1) is 15.0. The van der Waals surface area contributed by atoms with Gasteiger partial charge in [-0.15, -0.1) is 0 Å². The zero-order valence-corrected chi connectivity index (χ0v) is 12.4. The molecule has 2 unspecified atom stereocenters. The second-order valence-electron chi connectivity index (χ2n) is 5.42. The predicted octanol–water partition coefficient (Wildman–Crippen LogP) is 1.87. The molecule has 0 amide bonds. The van der Waals surface area contributed by atoms with Crippen LogP contribution in [0.3, 0.4) is 0 Å². The Labute approximate surface area is 119 Å². The SMILES string of the molecule is Cc1cccc(S(=O)(=O)N2CCC(C)CC2C(=O)O)c1. The summed E-state index contributed by atoms with van der Waals surface area (Å²) >= 11 is 0. The Morgan fingerprint density at radius 3 is 2.70 bits per heavy atom. The zero-order chi connectivity index (χ0) is 14.9. The second-order valence-corrected chi connectivity index (χ2v) is 7.31. The van der Waals surface area contributed by atoms with Gasteiger partial charge in [0.1, 0.15) is 6.04 Å². The molecule has 1 fully saturated rings. The summed E-state index contributed by atoms with van der Waals surface area (Å²) < 4.78 is 26.4. The van der Waals surface area contributed by atoms with E-state index in [0.29, 0.717) is 12.8 Å². The summed E-state index contributed by atoms with van der Waals surface area (Å²) in [6, 6.07) is 5.60. The fraction of sp³-hybridized carbons (Fsp3) is 0.500. The Morgan fingerprint density at radius 1 is 1.40 bits per heavy atom. The molecule has 1 aromatic rings. The number of piperidine rings is 1. The Balaban J connectivity index is 2.39. The quantitative estimate of drug-likeness (QED) is 0.924. The van der Waals surface area contributed by atoms with Crippen molar-refractivity contribution in [2.24, 2.45) is 5.92 Å². The molecule has 0 aromatic heterocycles. The van der Waals surface area contributed by atoms with Gasteiger partial charge in [-0.05, 0) is 43.4 Å². The van der Waals surface area contributed by atoms with E-state index < -0.39 is 22.0 Å². The maximum Gasteiger partial charge on any atom is 0.322 e. The third-order valence-electron chi connectivity index (χ3n) is 3.70. The Kier molecular flexibility index (Phi) is 4.15. The van der Waals surface area contributed by atoms with Gasteiger partial charge in [-0.1, -0.05) is 19.1 Å². The van der Waals surface area contributed by atoms with Crippen molar-refractivity contribution < 1.29 is 18.3 Å². The molecule has 1 N–H and O–H groups in total. The molecule has 110 valence electrons. The topological polar surface area (TPSA) is 74.7 Å². The molecule has 1 aromatic carbocycles. The molecule has 1 aliphatic heterocycles. The van der Waals surface area contributed by atoms with E-state index in [2.05, 4.69) is 0 Å². The van der Waals surface area contributed by atoms with Crippen molar-refractivity contribution in [1.82, 2.24) is 4.31 Å². The largest absolute Gasteiger partial charge is 0.480 e. The number of carboxylic acid groups (broad SMARTS) is 1. The molecule has 6 heteroatoms. The van der Waals surface area contributed by atoms with E-state index in [-0.39, 0.29) is 17.4 Å². The van der Waals surface area contributed by atoms with Gasteiger partial charge < -0.3 is 5.11 Å². The zero-order valence-electron chi connectivity index (χ0n) is 11.6. The van der Waals surface area contributed by atoms with Crippen LogP contribution in [0.5, 0.6) is 0 Å². The van der Waals surface area contributed by atoms with Crippen molar-refractivity contribution in [3.05, 3.63) is 29.8 Å². The first-order chi connectivity index (χ1) is 9.32. The smallest absolute Gasteiger partial charge is 0.322 e. The Morgan fingerprint density at radius 2 is 2.10 bits per heavy atom. The molecule has 1 heterocycles. The maximum atomic E-state index is 12.6. The van der Waals surface area contributed by atoms with Gasteiger partial charge in [0.25, 0.3) is 0 Å². The standard InChI is InChI=1S/C14H19NO4S/c1-10-4-3-5-12(8-10)20(18,19)15-7-6-11(2)9-13(15)14(16)17/h3-5,8,11,13H,6-7,9H2,1-2H3,(H,16,17). The minimum Gasteiger partial charge on any atom is -0.480 e. The van der Waals surface area contributed by atoms with E-state index in [1.165, 1.54) is 6.07 Å². The lowest BCUT2D eigenvalue weighted by Gasteiger charge is -2.34. The van der Waals surface area contributed by atoms with E-state index in [9.17, 15) is 18.3 Å². The second kappa shape index (κ2) is 5.54. The fourth-order valence-electron chi connectivity index (χ4n) is 2.54. The molecule has 20 heavy (non-hydrogen) atoms. The number of hydrogen-bond acceptors (Lipinski definition) is 3. The summed E-state index contributed by atoms with van der Waals surface area (Å²) in [7, 11) is -3.75. The van der Waals surface area contributed by atoms with Crippen molar-refractivity contribution in [3.63, 3.8) is 0 Å². The highest BCUT2D eigenvalue weighted by molar-refractivity contribution is 7.89. The van der Waals surface area contributed by atoms with Gasteiger partial charge in [0.15, 0.2) is 0 Å². The summed E-state index contributed by atoms with van der Waals surface area (Å²) in [6.45, 7) is 4.02. The normalized spacial score (nSPS) is 24.5.